The van der Waals surface area contributed by atoms with Crippen molar-refractivity contribution in [2.45, 2.75) is 25.6 Å². The van der Waals surface area contributed by atoms with Crippen molar-refractivity contribution in [3.63, 3.8) is 0 Å². The predicted molar refractivity (Wildman–Crippen MR) is 86.3 cm³/mol. The van der Waals surface area contributed by atoms with Crippen LogP contribution in [0.4, 0.5) is 0 Å². The van der Waals surface area contributed by atoms with Gasteiger partial charge in [0, 0.05) is 27.3 Å². The predicted octanol–water partition coefficient (Wildman–Crippen LogP) is 4.03. The Bertz CT molecular complexity index is 510. The lowest BCUT2D eigenvalue weighted by Gasteiger charge is -2.30. The van der Waals surface area contributed by atoms with Crippen molar-refractivity contribution < 1.29 is 0 Å². The first-order valence-corrected chi connectivity index (χ1v) is 7.99. The lowest BCUT2D eigenvalue weighted by atomic mass is 10.1. The van der Waals surface area contributed by atoms with Gasteiger partial charge in [0.25, 0.3) is 0 Å². The van der Waals surface area contributed by atoms with Gasteiger partial charge in [-0.1, -0.05) is 30.3 Å². The molecule has 2 atom stereocenters. The van der Waals surface area contributed by atoms with Crippen LogP contribution in [0.1, 0.15) is 23.4 Å². The van der Waals surface area contributed by atoms with E-state index in [0.717, 1.165) is 11.0 Å². The molecule has 0 aliphatic rings. The standard InChI is InChI=1S/C15H19BrN2S/c1-11(17)15(14-8-13(16)10-19-14)18(2)9-12-6-4-3-5-7-12/h3-8,10-11,15H,9,17H2,1-2H3. The summed E-state index contributed by atoms with van der Waals surface area (Å²) in [7, 11) is 2.13. The Balaban J connectivity index is 2.15. The second-order valence-electron chi connectivity index (χ2n) is 4.87. The maximum absolute atomic E-state index is 6.18. The van der Waals surface area contributed by atoms with Crippen LogP contribution >= 0.6 is 27.3 Å². The van der Waals surface area contributed by atoms with E-state index in [9.17, 15) is 0 Å². The highest BCUT2D eigenvalue weighted by Crippen LogP contribution is 2.31. The van der Waals surface area contributed by atoms with Crippen LogP contribution < -0.4 is 5.73 Å². The number of halogens is 1. The van der Waals surface area contributed by atoms with Gasteiger partial charge in [0.1, 0.15) is 0 Å². The fraction of sp³-hybridized carbons (Fsp3) is 0.333. The average molecular weight is 339 g/mol. The minimum atomic E-state index is 0.0965. The molecule has 0 amide bonds. The Morgan fingerprint density at radius 1 is 1.32 bits per heavy atom. The highest BCUT2D eigenvalue weighted by Gasteiger charge is 2.22. The van der Waals surface area contributed by atoms with E-state index in [4.69, 9.17) is 5.73 Å². The fourth-order valence-electron chi connectivity index (χ4n) is 2.33. The molecule has 0 radical (unpaired) electrons. The fourth-order valence-corrected chi connectivity index (χ4v) is 4.06. The third-order valence-electron chi connectivity index (χ3n) is 3.13. The number of nitrogens with zero attached hydrogens (tertiary/aromatic N) is 1. The van der Waals surface area contributed by atoms with Crippen molar-refractivity contribution in [2.24, 2.45) is 5.73 Å². The quantitative estimate of drug-likeness (QED) is 0.891. The Morgan fingerprint density at radius 3 is 2.53 bits per heavy atom. The van der Waals surface area contributed by atoms with Gasteiger partial charge in [0.15, 0.2) is 0 Å². The molecule has 2 nitrogen and oxygen atoms in total. The van der Waals surface area contributed by atoms with E-state index < -0.39 is 0 Å². The molecule has 0 spiro atoms. The topological polar surface area (TPSA) is 29.3 Å². The molecule has 1 heterocycles. The van der Waals surface area contributed by atoms with Crippen LogP contribution in [0.25, 0.3) is 0 Å². The first-order chi connectivity index (χ1) is 9.08. The lowest BCUT2D eigenvalue weighted by molar-refractivity contribution is 0.214. The van der Waals surface area contributed by atoms with Gasteiger partial charge < -0.3 is 5.73 Å². The van der Waals surface area contributed by atoms with Crippen molar-refractivity contribution in [1.82, 2.24) is 4.90 Å². The second kappa shape index (κ2) is 6.66. The van der Waals surface area contributed by atoms with Gasteiger partial charge in [-0.25, -0.2) is 0 Å². The van der Waals surface area contributed by atoms with Crippen molar-refractivity contribution >= 4 is 27.3 Å². The zero-order valence-corrected chi connectivity index (χ0v) is 13.6. The molecule has 0 aliphatic heterocycles. The zero-order chi connectivity index (χ0) is 13.8. The molecular formula is C15H19BrN2S. The molecule has 2 aromatic rings. The van der Waals surface area contributed by atoms with Gasteiger partial charge in [0.05, 0.1) is 6.04 Å². The van der Waals surface area contributed by atoms with Crippen LogP contribution in [-0.2, 0) is 6.54 Å². The van der Waals surface area contributed by atoms with Gasteiger partial charge in [0.2, 0.25) is 0 Å². The SMILES string of the molecule is CC(N)C(c1cc(Br)cs1)N(C)Cc1ccccc1. The Hall–Kier alpha value is -0.680. The smallest absolute Gasteiger partial charge is 0.0591 e. The molecule has 1 aromatic heterocycles. The van der Waals surface area contributed by atoms with Gasteiger partial charge in [-0.3, -0.25) is 4.90 Å². The number of hydrogen-bond donors (Lipinski definition) is 1. The van der Waals surface area contributed by atoms with Crippen LogP contribution in [0.5, 0.6) is 0 Å². The maximum Gasteiger partial charge on any atom is 0.0591 e. The van der Waals surface area contributed by atoms with Gasteiger partial charge in [-0.05, 0) is 41.5 Å². The van der Waals surface area contributed by atoms with E-state index in [-0.39, 0.29) is 12.1 Å². The van der Waals surface area contributed by atoms with Crippen LogP contribution in [-0.4, -0.2) is 18.0 Å². The van der Waals surface area contributed by atoms with Crippen LogP contribution in [0.2, 0.25) is 0 Å². The molecule has 0 saturated carbocycles. The summed E-state index contributed by atoms with van der Waals surface area (Å²) in [6, 6.07) is 13.0. The summed E-state index contributed by atoms with van der Waals surface area (Å²) in [5.41, 5.74) is 7.49. The Labute approximate surface area is 127 Å². The molecule has 0 fully saturated rings. The van der Waals surface area contributed by atoms with Crippen molar-refractivity contribution in [2.75, 3.05) is 7.05 Å². The summed E-state index contributed by atoms with van der Waals surface area (Å²) in [5, 5.41) is 2.11. The summed E-state index contributed by atoms with van der Waals surface area (Å²) < 4.78 is 1.13. The summed E-state index contributed by atoms with van der Waals surface area (Å²) >= 11 is 5.27. The molecule has 102 valence electrons. The monoisotopic (exact) mass is 338 g/mol. The second-order valence-corrected chi connectivity index (χ2v) is 6.73. The molecule has 4 heteroatoms. The van der Waals surface area contributed by atoms with Crippen molar-refractivity contribution in [3.8, 4) is 0 Å². The molecule has 0 aliphatic carbocycles. The number of benzene rings is 1. The first kappa shape index (κ1) is 14.7. The highest BCUT2D eigenvalue weighted by atomic mass is 79.9. The minimum Gasteiger partial charge on any atom is -0.326 e. The van der Waals surface area contributed by atoms with Gasteiger partial charge in [-0.2, -0.15) is 0 Å². The largest absolute Gasteiger partial charge is 0.326 e. The maximum atomic E-state index is 6.18. The van der Waals surface area contributed by atoms with Crippen LogP contribution in [0.3, 0.4) is 0 Å². The molecule has 2 unspecified atom stereocenters. The number of rotatable bonds is 5. The number of hydrogen-bond acceptors (Lipinski definition) is 3. The Morgan fingerprint density at radius 2 is 2.00 bits per heavy atom. The Kier molecular flexibility index (Phi) is 5.16. The molecular weight excluding hydrogens is 320 g/mol. The van der Waals surface area contributed by atoms with Crippen LogP contribution in [0, 0.1) is 0 Å². The normalized spacial score (nSPS) is 14.6. The molecule has 1 aromatic carbocycles. The summed E-state index contributed by atoms with van der Waals surface area (Å²) in [6.45, 7) is 2.97. The number of likely N-dealkylation sites (N-methyl/N-ethyl adjacent to an activating group) is 1. The minimum absolute atomic E-state index is 0.0965. The van der Waals surface area contributed by atoms with Gasteiger partial charge in [-0.15, -0.1) is 11.3 Å². The molecule has 2 N–H and O–H groups in total. The van der Waals surface area contributed by atoms with Crippen molar-refractivity contribution in [1.29, 1.82) is 0 Å². The van der Waals surface area contributed by atoms with E-state index in [1.165, 1.54) is 10.4 Å². The average Bonchev–Trinajstić information content (AvgIpc) is 2.76. The van der Waals surface area contributed by atoms with E-state index in [0.29, 0.717) is 0 Å². The van der Waals surface area contributed by atoms with Crippen LogP contribution in [0.15, 0.2) is 46.3 Å². The molecule has 0 saturated heterocycles. The van der Waals surface area contributed by atoms with E-state index in [2.05, 4.69) is 70.5 Å². The third kappa shape index (κ3) is 3.89. The van der Waals surface area contributed by atoms with E-state index >= 15 is 0 Å². The summed E-state index contributed by atoms with van der Waals surface area (Å²) in [5.74, 6) is 0. The van der Waals surface area contributed by atoms with Gasteiger partial charge >= 0.3 is 0 Å². The molecule has 2 rings (SSSR count). The zero-order valence-electron chi connectivity index (χ0n) is 11.2. The number of thiophene rings is 1. The lowest BCUT2D eigenvalue weighted by Crippen LogP contribution is -2.36. The molecule has 19 heavy (non-hydrogen) atoms. The van der Waals surface area contributed by atoms with E-state index in [1.807, 2.05) is 6.07 Å². The number of nitrogens with two attached hydrogens (primary N) is 1. The van der Waals surface area contributed by atoms with E-state index in [1.54, 1.807) is 11.3 Å². The van der Waals surface area contributed by atoms with Crippen molar-refractivity contribution in [3.05, 3.63) is 56.7 Å². The third-order valence-corrected chi connectivity index (χ3v) is 4.89. The first-order valence-electron chi connectivity index (χ1n) is 6.31. The summed E-state index contributed by atoms with van der Waals surface area (Å²) in [6.07, 6.45) is 0. The summed E-state index contributed by atoms with van der Waals surface area (Å²) in [4.78, 5) is 3.62. The molecule has 0 bridgehead atoms. The highest BCUT2D eigenvalue weighted by molar-refractivity contribution is 9.10.